The third-order valence-corrected chi connectivity index (χ3v) is 7.69. The van der Waals surface area contributed by atoms with E-state index in [0.717, 1.165) is 17.5 Å². The number of amidine groups is 1. The van der Waals surface area contributed by atoms with E-state index in [4.69, 9.17) is 21.1 Å². The minimum atomic E-state index is -0.935. The van der Waals surface area contributed by atoms with E-state index in [1.54, 1.807) is 17.0 Å². The molecule has 0 aliphatic rings. The number of hydrazine groups is 1. The molecule has 0 aliphatic heterocycles. The fraction of sp³-hybridized carbons (Fsp3) is 0.529. The second-order valence-corrected chi connectivity index (χ2v) is 12.0. The quantitative estimate of drug-likeness (QED) is 0.0217. The molecule has 0 saturated carbocycles. The highest BCUT2D eigenvalue weighted by Crippen LogP contribution is 2.26. The van der Waals surface area contributed by atoms with Crippen molar-refractivity contribution in [3.63, 3.8) is 0 Å². The summed E-state index contributed by atoms with van der Waals surface area (Å²) in [6, 6.07) is 13.6. The second kappa shape index (κ2) is 23.0. The molecule has 52 heavy (non-hydrogen) atoms. The summed E-state index contributed by atoms with van der Waals surface area (Å²) in [6.45, 7) is 5.72. The molecule has 2 aromatic rings. The molecule has 1 unspecified atom stereocenters. The number of nitrogens with zero attached hydrogens (tertiary/aromatic N) is 5. The van der Waals surface area contributed by atoms with Gasteiger partial charge in [0.15, 0.2) is 5.84 Å². The average molecular weight is 732 g/mol. The van der Waals surface area contributed by atoms with Crippen LogP contribution in [0.25, 0.3) is 11.1 Å². The third-order valence-electron chi connectivity index (χ3n) is 7.69. The number of esters is 1. The van der Waals surface area contributed by atoms with Gasteiger partial charge in [0.25, 0.3) is 10.2 Å². The Balaban J connectivity index is 2.15. The van der Waals surface area contributed by atoms with E-state index in [0.29, 0.717) is 54.8 Å². The van der Waals surface area contributed by atoms with Crippen LogP contribution in [0.2, 0.25) is 0 Å². The lowest BCUT2D eigenvalue weighted by Gasteiger charge is -2.33. The topological polar surface area (TPSA) is 245 Å². The molecule has 0 heterocycles. The summed E-state index contributed by atoms with van der Waals surface area (Å²) >= 11 is 0. The van der Waals surface area contributed by atoms with Gasteiger partial charge in [-0.2, -0.15) is 0 Å². The SMILES string of the molecule is CCCCC(=O)N(Cc1ccc(-c2ccccc2/C(N)=N/N(N)C(=O)OCCCCCO[N+](=O)[O-])cc1)C(C(=O)OCCCCO[N+](=O)[O-])C(C)C. The summed E-state index contributed by atoms with van der Waals surface area (Å²) in [4.78, 5) is 69.7. The highest BCUT2D eigenvalue weighted by Gasteiger charge is 2.33. The first kappa shape index (κ1) is 42.6. The molecular formula is C34H49N7O11. The Bertz CT molecular complexity index is 1490. The summed E-state index contributed by atoms with van der Waals surface area (Å²) in [7, 11) is 0. The van der Waals surface area contributed by atoms with Crippen LogP contribution in [0.1, 0.15) is 83.3 Å². The highest BCUT2D eigenvalue weighted by molar-refractivity contribution is 6.03. The molecule has 1 atom stereocenters. The molecule has 0 bridgehead atoms. The van der Waals surface area contributed by atoms with Crippen LogP contribution in [0.4, 0.5) is 4.79 Å². The Labute approximate surface area is 302 Å². The van der Waals surface area contributed by atoms with E-state index in [1.165, 1.54) is 0 Å². The van der Waals surface area contributed by atoms with Crippen molar-refractivity contribution >= 4 is 23.8 Å². The van der Waals surface area contributed by atoms with Gasteiger partial charge in [-0.1, -0.05) is 75.7 Å². The summed E-state index contributed by atoms with van der Waals surface area (Å²) < 4.78 is 10.6. The van der Waals surface area contributed by atoms with Crippen LogP contribution in [0.3, 0.4) is 0 Å². The van der Waals surface area contributed by atoms with Crippen LogP contribution >= 0.6 is 0 Å². The lowest BCUT2D eigenvalue weighted by atomic mass is 9.97. The zero-order valence-electron chi connectivity index (χ0n) is 29.8. The number of hydrogen-bond donors (Lipinski definition) is 2. The van der Waals surface area contributed by atoms with E-state index in [9.17, 15) is 34.6 Å². The van der Waals surface area contributed by atoms with Crippen molar-refractivity contribution in [1.82, 2.24) is 10.0 Å². The molecule has 0 aromatic heterocycles. The molecule has 2 rings (SSSR count). The molecule has 18 heteroatoms. The summed E-state index contributed by atoms with van der Waals surface area (Å²) in [5.74, 6) is 4.75. The minimum Gasteiger partial charge on any atom is -0.464 e. The number of rotatable bonds is 24. The molecule has 286 valence electrons. The first-order valence-corrected chi connectivity index (χ1v) is 17.1. The van der Waals surface area contributed by atoms with E-state index < -0.39 is 28.3 Å². The maximum atomic E-state index is 13.5. The molecule has 0 spiro atoms. The fourth-order valence-electron chi connectivity index (χ4n) is 5.07. The number of hydrazone groups is 1. The molecule has 0 saturated heterocycles. The number of carbonyl (C=O) groups excluding carboxylic acids is 3. The first-order chi connectivity index (χ1) is 24.8. The van der Waals surface area contributed by atoms with Crippen LogP contribution in [-0.2, 0) is 35.3 Å². The van der Waals surface area contributed by atoms with Gasteiger partial charge in [0.2, 0.25) is 5.91 Å². The van der Waals surface area contributed by atoms with Crippen molar-refractivity contribution in [2.24, 2.45) is 22.6 Å². The molecule has 18 nitrogen and oxygen atoms in total. The van der Waals surface area contributed by atoms with Gasteiger partial charge < -0.3 is 29.8 Å². The van der Waals surface area contributed by atoms with Gasteiger partial charge in [-0.15, -0.1) is 30.4 Å². The monoisotopic (exact) mass is 731 g/mol. The van der Waals surface area contributed by atoms with Crippen molar-refractivity contribution < 1.29 is 43.7 Å². The highest BCUT2D eigenvalue weighted by atomic mass is 17.0. The van der Waals surface area contributed by atoms with E-state index in [-0.39, 0.29) is 57.1 Å². The van der Waals surface area contributed by atoms with Gasteiger partial charge in [0.1, 0.15) is 6.04 Å². The molecule has 2 aromatic carbocycles. The van der Waals surface area contributed by atoms with Crippen molar-refractivity contribution in [2.45, 2.75) is 84.7 Å². The van der Waals surface area contributed by atoms with Gasteiger partial charge in [-0.3, -0.25) is 4.79 Å². The normalized spacial score (nSPS) is 11.8. The van der Waals surface area contributed by atoms with E-state index in [1.807, 2.05) is 57.2 Å². The van der Waals surface area contributed by atoms with Crippen LogP contribution < -0.4 is 11.6 Å². The van der Waals surface area contributed by atoms with Gasteiger partial charge in [0, 0.05) is 18.5 Å². The Morgan fingerprint density at radius 1 is 0.827 bits per heavy atom. The maximum absolute atomic E-state index is 13.5. The average Bonchev–Trinajstić information content (AvgIpc) is 3.11. The minimum absolute atomic E-state index is 0.0215. The number of carbonyl (C=O) groups is 3. The molecule has 0 radical (unpaired) electrons. The molecule has 2 amide bonds. The zero-order chi connectivity index (χ0) is 38.5. The number of unbranched alkanes of at least 4 members (excludes halogenated alkanes) is 4. The number of ether oxygens (including phenoxy) is 2. The van der Waals surface area contributed by atoms with E-state index in [2.05, 4.69) is 14.8 Å². The first-order valence-electron chi connectivity index (χ1n) is 17.1. The molecule has 0 fully saturated rings. The number of benzene rings is 2. The summed E-state index contributed by atoms with van der Waals surface area (Å²) in [6.07, 6.45) is 2.89. The van der Waals surface area contributed by atoms with Gasteiger partial charge in [0.05, 0.1) is 26.4 Å². The molecule has 0 aliphatic carbocycles. The van der Waals surface area contributed by atoms with Crippen LogP contribution in [0, 0.1) is 26.1 Å². The maximum Gasteiger partial charge on any atom is 0.445 e. The Morgan fingerprint density at radius 3 is 2.02 bits per heavy atom. The lowest BCUT2D eigenvalue weighted by molar-refractivity contribution is -0.757. The van der Waals surface area contributed by atoms with Crippen molar-refractivity contribution in [2.75, 3.05) is 26.4 Å². The number of nitrogens with two attached hydrogens (primary N) is 2. The largest absolute Gasteiger partial charge is 0.464 e. The van der Waals surface area contributed by atoms with E-state index >= 15 is 0 Å². The fourth-order valence-corrected chi connectivity index (χ4v) is 5.07. The summed E-state index contributed by atoms with van der Waals surface area (Å²) in [5.41, 5.74) is 8.98. The molecular weight excluding hydrogens is 682 g/mol. The zero-order valence-corrected chi connectivity index (χ0v) is 29.8. The lowest BCUT2D eigenvalue weighted by Crippen LogP contribution is -2.48. The van der Waals surface area contributed by atoms with Gasteiger partial charge >= 0.3 is 12.1 Å². The van der Waals surface area contributed by atoms with Crippen LogP contribution in [-0.4, -0.2) is 76.5 Å². The Kier molecular flexibility index (Phi) is 18.9. The van der Waals surface area contributed by atoms with Gasteiger partial charge in [-0.05, 0) is 61.1 Å². The third kappa shape index (κ3) is 15.2. The standard InChI is InChI=1S/C34H49N7O11/c1-4-5-15-30(42)38(31(25(2)3)33(43)49-20-11-12-23-52-41(47)48)24-26-16-18-27(19-17-26)28-13-7-8-14-29(28)32(35)37-39(36)34(44)50-21-9-6-10-22-51-40(45)46/h7-8,13-14,16-19,25,31H,4-6,9-12,15,20-24,36H2,1-3H3,(H2,35,37). The number of hydrogen-bond acceptors (Lipinski definition) is 13. The second-order valence-electron chi connectivity index (χ2n) is 12.0. The Morgan fingerprint density at radius 2 is 1.40 bits per heavy atom. The molecule has 4 N–H and O–H groups in total. The number of amides is 2. The van der Waals surface area contributed by atoms with Crippen molar-refractivity contribution in [3.05, 3.63) is 79.9 Å². The predicted molar refractivity (Wildman–Crippen MR) is 189 cm³/mol. The predicted octanol–water partition coefficient (Wildman–Crippen LogP) is 4.74. The van der Waals surface area contributed by atoms with Crippen molar-refractivity contribution in [3.8, 4) is 11.1 Å². The summed E-state index contributed by atoms with van der Waals surface area (Å²) in [5, 5.41) is 23.3. The van der Waals surface area contributed by atoms with Gasteiger partial charge in [-0.25, -0.2) is 15.4 Å². The smallest absolute Gasteiger partial charge is 0.445 e. The Hall–Kier alpha value is -5.52. The van der Waals surface area contributed by atoms with Crippen molar-refractivity contribution in [1.29, 1.82) is 0 Å². The van der Waals surface area contributed by atoms with Crippen LogP contribution in [0.5, 0.6) is 0 Å². The van der Waals surface area contributed by atoms with Crippen LogP contribution in [0.15, 0.2) is 53.6 Å².